The van der Waals surface area contributed by atoms with Crippen LogP contribution in [0.4, 0.5) is 0 Å². The number of hydrogen-bond acceptors (Lipinski definition) is 3. The van der Waals surface area contributed by atoms with E-state index in [0.717, 1.165) is 27.3 Å². The molecule has 4 aromatic rings. The molecule has 26 heavy (non-hydrogen) atoms. The smallest absolute Gasteiger partial charge is 0.252 e. The molecule has 0 aliphatic carbocycles. The quantitative estimate of drug-likeness (QED) is 0.540. The van der Waals surface area contributed by atoms with Crippen LogP contribution >= 0.6 is 11.8 Å². The molecular weight excluding hydrogens is 342 g/mol. The van der Waals surface area contributed by atoms with Crippen molar-refractivity contribution >= 4 is 22.7 Å². The van der Waals surface area contributed by atoms with Crippen LogP contribution in [0.15, 0.2) is 70.9 Å². The van der Waals surface area contributed by atoms with E-state index in [9.17, 15) is 4.79 Å². The number of benzene rings is 2. The van der Waals surface area contributed by atoms with E-state index in [4.69, 9.17) is 0 Å². The summed E-state index contributed by atoms with van der Waals surface area (Å²) in [6.45, 7) is 4.19. The summed E-state index contributed by atoms with van der Waals surface area (Å²) in [7, 11) is 0. The number of hydrogen-bond donors (Lipinski definition) is 1. The molecule has 0 atom stereocenters. The fourth-order valence-corrected chi connectivity index (χ4v) is 4.03. The molecule has 4 nitrogen and oxygen atoms in total. The van der Waals surface area contributed by atoms with Gasteiger partial charge in [-0.25, -0.2) is 4.98 Å². The molecule has 0 unspecified atom stereocenters. The van der Waals surface area contributed by atoms with Crippen LogP contribution in [0.2, 0.25) is 0 Å². The van der Waals surface area contributed by atoms with E-state index < -0.39 is 0 Å². The van der Waals surface area contributed by atoms with Crippen LogP contribution < -0.4 is 5.56 Å². The number of nitrogens with one attached hydrogen (secondary N) is 1. The van der Waals surface area contributed by atoms with Crippen molar-refractivity contribution < 1.29 is 0 Å². The minimum Gasteiger partial charge on any atom is -0.322 e. The standard InChI is InChI=1S/C21H19N3OS/c1-14-7-8-19(15(2)11-14)24-10-9-22-21(24)26-13-17-12-16-5-3-4-6-18(16)23-20(17)25/h3-12H,13H2,1-2H3,(H,23,25). The maximum Gasteiger partial charge on any atom is 0.252 e. The fourth-order valence-electron chi connectivity index (χ4n) is 3.10. The van der Waals surface area contributed by atoms with E-state index in [1.165, 1.54) is 11.1 Å². The van der Waals surface area contributed by atoms with Crippen LogP contribution in [-0.2, 0) is 5.75 Å². The Balaban J connectivity index is 1.63. The maximum absolute atomic E-state index is 12.3. The molecule has 130 valence electrons. The normalized spacial score (nSPS) is 11.2. The summed E-state index contributed by atoms with van der Waals surface area (Å²) in [4.78, 5) is 19.8. The third-order valence-corrected chi connectivity index (χ3v) is 5.42. The number of pyridine rings is 1. The topological polar surface area (TPSA) is 50.7 Å². The van der Waals surface area contributed by atoms with Crippen LogP contribution in [0.5, 0.6) is 0 Å². The Morgan fingerprint density at radius 3 is 2.81 bits per heavy atom. The van der Waals surface area contributed by atoms with Gasteiger partial charge in [-0.3, -0.25) is 9.36 Å². The van der Waals surface area contributed by atoms with Crippen LogP contribution in [0.3, 0.4) is 0 Å². The third-order valence-electron chi connectivity index (χ3n) is 4.41. The average Bonchev–Trinajstić information content (AvgIpc) is 3.08. The van der Waals surface area contributed by atoms with Crippen LogP contribution in [0, 0.1) is 13.8 Å². The van der Waals surface area contributed by atoms with Gasteiger partial charge in [-0.1, -0.05) is 47.7 Å². The second kappa shape index (κ2) is 6.84. The summed E-state index contributed by atoms with van der Waals surface area (Å²) in [5, 5.41) is 1.92. The number of aromatic amines is 1. The predicted molar refractivity (Wildman–Crippen MR) is 107 cm³/mol. The highest BCUT2D eigenvalue weighted by Crippen LogP contribution is 2.26. The Morgan fingerprint density at radius 2 is 1.96 bits per heavy atom. The lowest BCUT2D eigenvalue weighted by Crippen LogP contribution is -2.11. The summed E-state index contributed by atoms with van der Waals surface area (Å²) < 4.78 is 2.08. The SMILES string of the molecule is Cc1ccc(-n2ccnc2SCc2cc3ccccc3[nH]c2=O)c(C)c1. The molecule has 0 radical (unpaired) electrons. The van der Waals surface area contributed by atoms with Crippen molar-refractivity contribution in [1.29, 1.82) is 0 Å². The highest BCUT2D eigenvalue weighted by atomic mass is 32.2. The molecule has 2 heterocycles. The molecule has 2 aromatic carbocycles. The predicted octanol–water partition coefficient (Wildman–Crippen LogP) is 4.62. The van der Waals surface area contributed by atoms with E-state index >= 15 is 0 Å². The minimum absolute atomic E-state index is 0.0409. The number of thioether (sulfide) groups is 1. The zero-order valence-corrected chi connectivity index (χ0v) is 15.5. The zero-order valence-electron chi connectivity index (χ0n) is 14.7. The van der Waals surface area contributed by atoms with Gasteiger partial charge in [0, 0.05) is 29.2 Å². The number of H-pyrrole nitrogens is 1. The Labute approximate surface area is 155 Å². The van der Waals surface area contributed by atoms with E-state index in [1.54, 1.807) is 18.0 Å². The van der Waals surface area contributed by atoms with Crippen LogP contribution in [0.1, 0.15) is 16.7 Å². The first-order valence-electron chi connectivity index (χ1n) is 8.46. The van der Waals surface area contributed by atoms with Gasteiger partial charge < -0.3 is 4.98 Å². The molecule has 1 N–H and O–H groups in total. The second-order valence-corrected chi connectivity index (χ2v) is 7.31. The van der Waals surface area contributed by atoms with E-state index in [0.29, 0.717) is 5.75 Å². The Morgan fingerprint density at radius 1 is 1.12 bits per heavy atom. The summed E-state index contributed by atoms with van der Waals surface area (Å²) >= 11 is 1.57. The number of rotatable bonds is 4. The molecule has 0 spiro atoms. The molecule has 2 aromatic heterocycles. The molecule has 5 heteroatoms. The zero-order chi connectivity index (χ0) is 18.1. The van der Waals surface area contributed by atoms with Gasteiger partial charge >= 0.3 is 0 Å². The van der Waals surface area contributed by atoms with E-state index in [-0.39, 0.29) is 5.56 Å². The molecule has 4 rings (SSSR count). The third kappa shape index (κ3) is 3.18. The van der Waals surface area contributed by atoms with Crippen molar-refractivity contribution in [1.82, 2.24) is 14.5 Å². The lowest BCUT2D eigenvalue weighted by molar-refractivity contribution is 0.886. The van der Waals surface area contributed by atoms with Gasteiger partial charge in [0.05, 0.1) is 5.69 Å². The van der Waals surface area contributed by atoms with Crippen molar-refractivity contribution in [2.24, 2.45) is 0 Å². The van der Waals surface area contributed by atoms with E-state index in [1.807, 2.05) is 36.5 Å². The summed E-state index contributed by atoms with van der Waals surface area (Å²) in [6.07, 6.45) is 3.76. The highest BCUT2D eigenvalue weighted by Gasteiger charge is 2.10. The number of para-hydroxylation sites is 1. The average molecular weight is 361 g/mol. The molecule has 0 saturated heterocycles. The summed E-state index contributed by atoms with van der Waals surface area (Å²) in [5.41, 5.74) is 5.13. The Hall–Kier alpha value is -2.79. The van der Waals surface area contributed by atoms with Gasteiger partial charge in [0.2, 0.25) is 0 Å². The van der Waals surface area contributed by atoms with E-state index in [2.05, 4.69) is 46.6 Å². The summed E-state index contributed by atoms with van der Waals surface area (Å²) in [5.74, 6) is 0.572. The van der Waals surface area contributed by atoms with Crippen molar-refractivity contribution in [3.05, 3.63) is 88.0 Å². The molecule has 0 bridgehead atoms. The first-order chi connectivity index (χ1) is 12.6. The lowest BCUT2D eigenvalue weighted by atomic mass is 10.1. The molecule has 0 saturated carbocycles. The second-order valence-electron chi connectivity index (χ2n) is 6.37. The van der Waals surface area contributed by atoms with Crippen molar-refractivity contribution in [2.45, 2.75) is 24.8 Å². The highest BCUT2D eigenvalue weighted by molar-refractivity contribution is 7.98. The molecule has 0 aliphatic heterocycles. The fraction of sp³-hybridized carbons (Fsp3) is 0.143. The van der Waals surface area contributed by atoms with Gasteiger partial charge in [0.15, 0.2) is 5.16 Å². The first-order valence-corrected chi connectivity index (χ1v) is 9.45. The van der Waals surface area contributed by atoms with Gasteiger partial charge in [0.25, 0.3) is 5.56 Å². The van der Waals surface area contributed by atoms with Crippen molar-refractivity contribution in [2.75, 3.05) is 0 Å². The van der Waals surface area contributed by atoms with Gasteiger partial charge in [-0.15, -0.1) is 0 Å². The van der Waals surface area contributed by atoms with Crippen molar-refractivity contribution in [3.63, 3.8) is 0 Å². The number of aromatic nitrogens is 3. The lowest BCUT2D eigenvalue weighted by Gasteiger charge is -2.11. The van der Waals surface area contributed by atoms with Crippen LogP contribution in [-0.4, -0.2) is 14.5 Å². The van der Waals surface area contributed by atoms with Gasteiger partial charge in [0.1, 0.15) is 0 Å². The number of imidazole rings is 1. The van der Waals surface area contributed by atoms with Crippen molar-refractivity contribution in [3.8, 4) is 5.69 Å². The molecule has 0 amide bonds. The maximum atomic E-state index is 12.3. The van der Waals surface area contributed by atoms with Gasteiger partial charge in [-0.2, -0.15) is 0 Å². The summed E-state index contributed by atoms with van der Waals surface area (Å²) in [6, 6.07) is 16.2. The first kappa shape index (κ1) is 16.7. The molecule has 0 aliphatic rings. The Kier molecular flexibility index (Phi) is 4.39. The number of aryl methyl sites for hydroxylation is 2. The van der Waals surface area contributed by atoms with Crippen LogP contribution in [0.25, 0.3) is 16.6 Å². The monoisotopic (exact) mass is 361 g/mol. The largest absolute Gasteiger partial charge is 0.322 e. The number of fused-ring (bicyclic) bond motifs is 1. The molecule has 0 fully saturated rings. The minimum atomic E-state index is -0.0409. The Bertz CT molecular complexity index is 1140. The van der Waals surface area contributed by atoms with Gasteiger partial charge in [-0.05, 0) is 43.0 Å². The molecular formula is C21H19N3OS. The number of nitrogens with zero attached hydrogens (tertiary/aromatic N) is 2.